The highest BCUT2D eigenvalue weighted by Crippen LogP contribution is 2.03. The van der Waals surface area contributed by atoms with Gasteiger partial charge in [-0.1, -0.05) is 6.07 Å². The Hall–Kier alpha value is -1.87. The summed E-state index contributed by atoms with van der Waals surface area (Å²) in [4.78, 5) is 11.7. The molecule has 0 saturated carbocycles. The molecule has 5 nitrogen and oxygen atoms in total. The van der Waals surface area contributed by atoms with Crippen LogP contribution in [-0.2, 0) is 9.84 Å². The van der Waals surface area contributed by atoms with E-state index in [4.69, 9.17) is 5.26 Å². The molecule has 0 radical (unpaired) electrons. The minimum atomic E-state index is -2.99. The van der Waals surface area contributed by atoms with E-state index in [0.29, 0.717) is 24.1 Å². The molecule has 0 aliphatic heterocycles. The summed E-state index contributed by atoms with van der Waals surface area (Å²) in [6.45, 7) is 0.294. The van der Waals surface area contributed by atoms with Crippen molar-refractivity contribution in [2.45, 2.75) is 6.42 Å². The third kappa shape index (κ3) is 4.97. The molecule has 0 atom stereocenters. The molecular formula is C12H14N2O3S. The first-order chi connectivity index (χ1) is 8.42. The number of carbonyl (C=O) groups excluding carboxylic acids is 1. The fourth-order valence-electron chi connectivity index (χ4n) is 1.37. The Bertz CT molecular complexity index is 573. The van der Waals surface area contributed by atoms with E-state index in [1.807, 2.05) is 6.07 Å². The lowest BCUT2D eigenvalue weighted by molar-refractivity contribution is 0.0953. The summed E-state index contributed by atoms with van der Waals surface area (Å²) in [6.07, 6.45) is 1.54. The van der Waals surface area contributed by atoms with Crippen LogP contribution in [0, 0.1) is 11.3 Å². The van der Waals surface area contributed by atoms with Gasteiger partial charge in [0.05, 0.1) is 17.4 Å². The number of nitriles is 1. The highest BCUT2D eigenvalue weighted by molar-refractivity contribution is 7.90. The molecule has 0 spiro atoms. The van der Waals surface area contributed by atoms with Crippen molar-refractivity contribution >= 4 is 15.7 Å². The van der Waals surface area contributed by atoms with Crippen LogP contribution in [0.2, 0.25) is 0 Å². The molecule has 96 valence electrons. The number of nitrogens with one attached hydrogen (secondary N) is 1. The summed E-state index contributed by atoms with van der Waals surface area (Å²) in [5, 5.41) is 11.3. The van der Waals surface area contributed by atoms with Crippen LogP contribution in [0.4, 0.5) is 0 Å². The molecular weight excluding hydrogens is 252 g/mol. The van der Waals surface area contributed by atoms with Gasteiger partial charge < -0.3 is 5.32 Å². The van der Waals surface area contributed by atoms with Crippen LogP contribution in [0.5, 0.6) is 0 Å². The normalized spacial score (nSPS) is 10.7. The lowest BCUT2D eigenvalue weighted by atomic mass is 10.1. The lowest BCUT2D eigenvalue weighted by Gasteiger charge is -2.04. The number of amides is 1. The highest BCUT2D eigenvalue weighted by Gasteiger charge is 2.06. The monoisotopic (exact) mass is 266 g/mol. The zero-order valence-electron chi connectivity index (χ0n) is 10.0. The minimum Gasteiger partial charge on any atom is -0.352 e. The van der Waals surface area contributed by atoms with Gasteiger partial charge >= 0.3 is 0 Å². The first-order valence-electron chi connectivity index (χ1n) is 5.38. The summed E-state index contributed by atoms with van der Waals surface area (Å²) in [7, 11) is -2.99. The van der Waals surface area contributed by atoms with Crippen LogP contribution in [-0.4, -0.2) is 32.9 Å². The SMILES string of the molecule is CS(=O)(=O)CCCNC(=O)c1cccc(C#N)c1. The summed E-state index contributed by atoms with van der Waals surface area (Å²) in [5.74, 6) is -0.258. The quantitative estimate of drug-likeness (QED) is 0.796. The number of hydrogen-bond donors (Lipinski definition) is 1. The number of benzene rings is 1. The van der Waals surface area contributed by atoms with Crippen molar-refractivity contribution in [1.29, 1.82) is 5.26 Å². The van der Waals surface area contributed by atoms with Crippen LogP contribution < -0.4 is 5.32 Å². The number of hydrogen-bond acceptors (Lipinski definition) is 4. The first-order valence-corrected chi connectivity index (χ1v) is 7.44. The maximum absolute atomic E-state index is 11.7. The third-order valence-electron chi connectivity index (χ3n) is 2.23. The van der Waals surface area contributed by atoms with Crippen molar-refractivity contribution in [3.8, 4) is 6.07 Å². The molecule has 1 N–H and O–H groups in total. The zero-order chi connectivity index (χ0) is 13.6. The van der Waals surface area contributed by atoms with E-state index in [1.165, 1.54) is 6.07 Å². The molecule has 6 heteroatoms. The molecule has 1 rings (SSSR count). The average Bonchev–Trinajstić information content (AvgIpc) is 2.33. The second kappa shape index (κ2) is 6.17. The van der Waals surface area contributed by atoms with Crippen LogP contribution in [0.3, 0.4) is 0 Å². The summed E-state index contributed by atoms with van der Waals surface area (Å²) >= 11 is 0. The van der Waals surface area contributed by atoms with Crippen molar-refractivity contribution in [2.24, 2.45) is 0 Å². The summed E-state index contributed by atoms with van der Waals surface area (Å²) in [6, 6.07) is 8.29. The van der Waals surface area contributed by atoms with E-state index in [-0.39, 0.29) is 11.7 Å². The first kappa shape index (κ1) is 14.2. The summed E-state index contributed by atoms with van der Waals surface area (Å²) in [5.41, 5.74) is 0.812. The van der Waals surface area contributed by atoms with Crippen molar-refractivity contribution in [3.05, 3.63) is 35.4 Å². The van der Waals surface area contributed by atoms with Gasteiger partial charge in [0.25, 0.3) is 5.91 Å². The van der Waals surface area contributed by atoms with E-state index in [1.54, 1.807) is 18.2 Å². The molecule has 0 aliphatic rings. The number of rotatable bonds is 5. The smallest absolute Gasteiger partial charge is 0.251 e. The molecule has 18 heavy (non-hydrogen) atoms. The van der Waals surface area contributed by atoms with Gasteiger partial charge in [-0.2, -0.15) is 5.26 Å². The van der Waals surface area contributed by atoms with Gasteiger partial charge in [0.2, 0.25) is 0 Å². The molecule has 0 unspecified atom stereocenters. The Balaban J connectivity index is 2.48. The summed E-state index contributed by atoms with van der Waals surface area (Å²) < 4.78 is 21.8. The zero-order valence-corrected chi connectivity index (χ0v) is 10.8. The molecule has 0 aromatic heterocycles. The Morgan fingerprint density at radius 2 is 2.17 bits per heavy atom. The predicted molar refractivity (Wildman–Crippen MR) is 67.8 cm³/mol. The molecule has 0 heterocycles. The van der Waals surface area contributed by atoms with Crippen LogP contribution in [0.15, 0.2) is 24.3 Å². The fraction of sp³-hybridized carbons (Fsp3) is 0.333. The third-order valence-corrected chi connectivity index (χ3v) is 3.26. The molecule has 1 aromatic carbocycles. The van der Waals surface area contributed by atoms with Crippen molar-refractivity contribution in [2.75, 3.05) is 18.6 Å². The largest absolute Gasteiger partial charge is 0.352 e. The minimum absolute atomic E-state index is 0.0471. The van der Waals surface area contributed by atoms with E-state index in [2.05, 4.69) is 5.32 Å². The Labute approximate surface area is 106 Å². The average molecular weight is 266 g/mol. The van der Waals surface area contributed by atoms with Crippen molar-refractivity contribution in [1.82, 2.24) is 5.32 Å². The fourth-order valence-corrected chi connectivity index (χ4v) is 2.04. The van der Waals surface area contributed by atoms with Crippen LogP contribution in [0.25, 0.3) is 0 Å². The second-order valence-corrected chi connectivity index (χ2v) is 6.19. The van der Waals surface area contributed by atoms with Gasteiger partial charge in [0.1, 0.15) is 9.84 Å². The van der Waals surface area contributed by atoms with Crippen LogP contribution >= 0.6 is 0 Å². The molecule has 0 fully saturated rings. The predicted octanol–water partition coefficient (Wildman–Crippen LogP) is 0.723. The van der Waals surface area contributed by atoms with Gasteiger partial charge in [-0.3, -0.25) is 4.79 Å². The topological polar surface area (TPSA) is 87.0 Å². The van der Waals surface area contributed by atoms with Crippen molar-refractivity contribution in [3.63, 3.8) is 0 Å². The number of carbonyl (C=O) groups is 1. The molecule has 0 aliphatic carbocycles. The number of sulfone groups is 1. The molecule has 1 amide bonds. The molecule has 0 bridgehead atoms. The van der Waals surface area contributed by atoms with Gasteiger partial charge in [-0.25, -0.2) is 8.42 Å². The van der Waals surface area contributed by atoms with Gasteiger partial charge in [0.15, 0.2) is 0 Å². The maximum Gasteiger partial charge on any atom is 0.251 e. The van der Waals surface area contributed by atoms with Gasteiger partial charge in [0, 0.05) is 18.4 Å². The standard InChI is InChI=1S/C12H14N2O3S/c1-18(16,17)7-3-6-14-12(15)11-5-2-4-10(8-11)9-13/h2,4-5,8H,3,6-7H2,1H3,(H,14,15). The Kier molecular flexibility index (Phi) is 4.86. The highest BCUT2D eigenvalue weighted by atomic mass is 32.2. The van der Waals surface area contributed by atoms with E-state index in [9.17, 15) is 13.2 Å². The van der Waals surface area contributed by atoms with E-state index >= 15 is 0 Å². The molecule has 1 aromatic rings. The lowest BCUT2D eigenvalue weighted by Crippen LogP contribution is -2.25. The Morgan fingerprint density at radius 3 is 2.78 bits per heavy atom. The number of nitrogens with zero attached hydrogens (tertiary/aromatic N) is 1. The Morgan fingerprint density at radius 1 is 1.44 bits per heavy atom. The van der Waals surface area contributed by atoms with Gasteiger partial charge in [-0.05, 0) is 24.6 Å². The van der Waals surface area contributed by atoms with Gasteiger partial charge in [-0.15, -0.1) is 0 Å². The maximum atomic E-state index is 11.7. The van der Waals surface area contributed by atoms with Crippen molar-refractivity contribution < 1.29 is 13.2 Å². The van der Waals surface area contributed by atoms with E-state index in [0.717, 1.165) is 6.26 Å². The second-order valence-electron chi connectivity index (χ2n) is 3.93. The van der Waals surface area contributed by atoms with E-state index < -0.39 is 9.84 Å². The van der Waals surface area contributed by atoms with Crippen LogP contribution in [0.1, 0.15) is 22.3 Å². The molecule has 0 saturated heterocycles.